The van der Waals surface area contributed by atoms with Crippen LogP contribution in [-0.4, -0.2) is 37.8 Å². The molecule has 5 nitrogen and oxygen atoms in total. The van der Waals surface area contributed by atoms with E-state index >= 15 is 0 Å². The Bertz CT molecular complexity index is 463. The Morgan fingerprint density at radius 3 is 2.77 bits per heavy atom. The first kappa shape index (κ1) is 18.3. The molecule has 1 rings (SSSR count). The average Bonchev–Trinajstić information content (AvgIpc) is 2.50. The van der Waals surface area contributed by atoms with Gasteiger partial charge in [0.1, 0.15) is 5.75 Å². The highest BCUT2D eigenvalue weighted by molar-refractivity contribution is 5.68. The largest absolute Gasteiger partial charge is 0.492 e. The Hall–Kier alpha value is -1.75. The fraction of sp³-hybridized carbons (Fsp3) is 0.588. The maximum absolute atomic E-state index is 10.7. The molecule has 22 heavy (non-hydrogen) atoms. The molecule has 1 aromatic rings. The summed E-state index contributed by atoms with van der Waals surface area (Å²) in [7, 11) is 1.89. The number of ether oxygens (including phenoxy) is 1. The molecule has 0 bridgehead atoms. The summed E-state index contributed by atoms with van der Waals surface area (Å²) in [5, 5.41) is 12.2. The van der Waals surface area contributed by atoms with Gasteiger partial charge in [-0.05, 0) is 37.6 Å². The van der Waals surface area contributed by atoms with Crippen molar-refractivity contribution in [3.8, 4) is 5.75 Å². The van der Waals surface area contributed by atoms with Crippen molar-refractivity contribution in [3.63, 3.8) is 0 Å². The van der Waals surface area contributed by atoms with Crippen LogP contribution in [0.3, 0.4) is 0 Å². The SMILES string of the molecule is CCCCNCc1ccc(N(C)CCC(=O)O)c(OCC)c1. The van der Waals surface area contributed by atoms with Gasteiger partial charge in [0, 0.05) is 20.1 Å². The van der Waals surface area contributed by atoms with Gasteiger partial charge in [-0.2, -0.15) is 0 Å². The highest BCUT2D eigenvalue weighted by atomic mass is 16.5. The van der Waals surface area contributed by atoms with Crippen molar-refractivity contribution in [3.05, 3.63) is 23.8 Å². The van der Waals surface area contributed by atoms with Crippen molar-refractivity contribution in [1.82, 2.24) is 5.32 Å². The molecule has 0 fully saturated rings. The summed E-state index contributed by atoms with van der Waals surface area (Å²) in [6.07, 6.45) is 2.47. The van der Waals surface area contributed by atoms with Gasteiger partial charge in [0.2, 0.25) is 0 Å². The van der Waals surface area contributed by atoms with E-state index in [0.717, 1.165) is 24.5 Å². The summed E-state index contributed by atoms with van der Waals surface area (Å²) in [6.45, 7) is 7.01. The van der Waals surface area contributed by atoms with Crippen molar-refractivity contribution < 1.29 is 14.6 Å². The molecule has 0 aliphatic heterocycles. The van der Waals surface area contributed by atoms with Crippen molar-refractivity contribution in [1.29, 1.82) is 0 Å². The number of aliphatic carboxylic acids is 1. The number of carboxylic acid groups (broad SMARTS) is 1. The molecule has 0 amide bonds. The molecule has 5 heteroatoms. The summed E-state index contributed by atoms with van der Waals surface area (Å²) in [5.41, 5.74) is 2.11. The zero-order valence-corrected chi connectivity index (χ0v) is 13.9. The molecule has 0 saturated heterocycles. The second-order valence-corrected chi connectivity index (χ2v) is 5.33. The minimum absolute atomic E-state index is 0.113. The second kappa shape index (κ2) is 10.1. The fourth-order valence-electron chi connectivity index (χ4n) is 2.17. The van der Waals surface area contributed by atoms with Crippen LogP contribution in [0.4, 0.5) is 5.69 Å². The van der Waals surface area contributed by atoms with Crippen LogP contribution >= 0.6 is 0 Å². The molecule has 0 heterocycles. The Morgan fingerprint density at radius 2 is 2.14 bits per heavy atom. The predicted molar refractivity (Wildman–Crippen MR) is 89.7 cm³/mol. The zero-order valence-electron chi connectivity index (χ0n) is 13.9. The topological polar surface area (TPSA) is 61.8 Å². The van der Waals surface area contributed by atoms with Gasteiger partial charge in [-0.3, -0.25) is 4.79 Å². The molecule has 124 valence electrons. The van der Waals surface area contributed by atoms with E-state index < -0.39 is 5.97 Å². The smallest absolute Gasteiger partial charge is 0.305 e. The van der Waals surface area contributed by atoms with Gasteiger partial charge in [0.25, 0.3) is 0 Å². The Balaban J connectivity index is 2.73. The van der Waals surface area contributed by atoms with Crippen molar-refractivity contribution >= 4 is 11.7 Å². The standard InChI is InChI=1S/C17H28N2O3/c1-4-6-10-18-13-14-7-8-15(16(12-14)22-5-2)19(3)11-9-17(20)21/h7-8,12,18H,4-6,9-11,13H2,1-3H3,(H,20,21). The lowest BCUT2D eigenvalue weighted by Gasteiger charge is -2.22. The molecular weight excluding hydrogens is 280 g/mol. The number of nitrogens with zero attached hydrogens (tertiary/aromatic N) is 1. The lowest BCUT2D eigenvalue weighted by atomic mass is 10.1. The normalized spacial score (nSPS) is 10.5. The fourth-order valence-corrected chi connectivity index (χ4v) is 2.17. The molecular formula is C17H28N2O3. The Kier molecular flexibility index (Phi) is 8.36. The Morgan fingerprint density at radius 1 is 1.36 bits per heavy atom. The van der Waals surface area contributed by atoms with Gasteiger partial charge in [0.15, 0.2) is 0 Å². The molecule has 2 N–H and O–H groups in total. The van der Waals surface area contributed by atoms with Crippen LogP contribution in [0, 0.1) is 0 Å². The lowest BCUT2D eigenvalue weighted by Crippen LogP contribution is -2.22. The lowest BCUT2D eigenvalue weighted by molar-refractivity contribution is -0.136. The van der Waals surface area contributed by atoms with Crippen LogP contribution < -0.4 is 15.0 Å². The molecule has 0 saturated carbocycles. The Labute approximate surface area is 133 Å². The van der Waals surface area contributed by atoms with Gasteiger partial charge in [0.05, 0.1) is 18.7 Å². The van der Waals surface area contributed by atoms with Gasteiger partial charge in [-0.25, -0.2) is 0 Å². The van der Waals surface area contributed by atoms with Crippen LogP contribution in [0.25, 0.3) is 0 Å². The van der Waals surface area contributed by atoms with Crippen LogP contribution in [0.2, 0.25) is 0 Å². The highest BCUT2D eigenvalue weighted by Crippen LogP contribution is 2.29. The van der Waals surface area contributed by atoms with Crippen LogP contribution in [0.1, 0.15) is 38.7 Å². The summed E-state index contributed by atoms with van der Waals surface area (Å²) in [4.78, 5) is 12.6. The number of benzene rings is 1. The third kappa shape index (κ3) is 6.35. The van der Waals surface area contributed by atoms with E-state index in [1.165, 1.54) is 18.4 Å². The summed E-state index contributed by atoms with van der Waals surface area (Å²) in [6, 6.07) is 6.10. The molecule has 0 spiro atoms. The minimum Gasteiger partial charge on any atom is -0.492 e. The number of hydrogen-bond donors (Lipinski definition) is 2. The number of carboxylic acids is 1. The van der Waals surface area contributed by atoms with Crippen molar-refractivity contribution in [2.75, 3.05) is 31.6 Å². The number of rotatable bonds is 11. The van der Waals surface area contributed by atoms with E-state index in [9.17, 15) is 4.79 Å². The van der Waals surface area contributed by atoms with Crippen LogP contribution in [-0.2, 0) is 11.3 Å². The zero-order chi connectivity index (χ0) is 16.4. The van der Waals surface area contributed by atoms with Crippen LogP contribution in [0.15, 0.2) is 18.2 Å². The van der Waals surface area contributed by atoms with Crippen LogP contribution in [0.5, 0.6) is 5.75 Å². The molecule has 0 aromatic heterocycles. The van der Waals surface area contributed by atoms with E-state index in [1.54, 1.807) is 0 Å². The van der Waals surface area contributed by atoms with Gasteiger partial charge >= 0.3 is 5.97 Å². The molecule has 1 aromatic carbocycles. The quantitative estimate of drug-likeness (QED) is 0.616. The van der Waals surface area contributed by atoms with E-state index in [1.807, 2.05) is 31.0 Å². The number of carbonyl (C=O) groups is 1. The first-order valence-corrected chi connectivity index (χ1v) is 7.97. The number of hydrogen-bond acceptors (Lipinski definition) is 4. The van der Waals surface area contributed by atoms with Crippen molar-refractivity contribution in [2.45, 2.75) is 39.7 Å². The summed E-state index contributed by atoms with van der Waals surface area (Å²) < 4.78 is 5.72. The maximum Gasteiger partial charge on any atom is 0.305 e. The van der Waals surface area contributed by atoms with E-state index in [0.29, 0.717) is 13.2 Å². The molecule has 0 unspecified atom stereocenters. The summed E-state index contributed by atoms with van der Waals surface area (Å²) in [5.74, 6) is 0.0201. The first-order valence-electron chi connectivity index (χ1n) is 7.97. The predicted octanol–water partition coefficient (Wildman–Crippen LogP) is 2.89. The second-order valence-electron chi connectivity index (χ2n) is 5.33. The number of unbranched alkanes of at least 4 members (excludes halogenated alkanes) is 1. The maximum atomic E-state index is 10.7. The monoisotopic (exact) mass is 308 g/mol. The molecule has 0 aliphatic carbocycles. The first-order chi connectivity index (χ1) is 10.6. The summed E-state index contributed by atoms with van der Waals surface area (Å²) >= 11 is 0. The minimum atomic E-state index is -0.790. The van der Waals surface area contributed by atoms with Crippen molar-refractivity contribution in [2.24, 2.45) is 0 Å². The molecule has 0 aliphatic rings. The highest BCUT2D eigenvalue weighted by Gasteiger charge is 2.11. The number of anilines is 1. The number of nitrogens with one attached hydrogen (secondary N) is 1. The van der Waals surface area contributed by atoms with Gasteiger partial charge in [-0.1, -0.05) is 19.4 Å². The third-order valence-corrected chi connectivity index (χ3v) is 3.43. The van der Waals surface area contributed by atoms with E-state index in [4.69, 9.17) is 9.84 Å². The van der Waals surface area contributed by atoms with Gasteiger partial charge in [-0.15, -0.1) is 0 Å². The van der Waals surface area contributed by atoms with E-state index in [-0.39, 0.29) is 6.42 Å². The third-order valence-electron chi connectivity index (χ3n) is 3.43. The average molecular weight is 308 g/mol. The molecule has 0 atom stereocenters. The van der Waals surface area contributed by atoms with Gasteiger partial charge < -0.3 is 20.1 Å². The van der Waals surface area contributed by atoms with E-state index in [2.05, 4.69) is 18.3 Å². The molecule has 0 radical (unpaired) electrons.